The summed E-state index contributed by atoms with van der Waals surface area (Å²) in [6.07, 6.45) is 0.868. The molecule has 0 fully saturated rings. The summed E-state index contributed by atoms with van der Waals surface area (Å²) in [6, 6.07) is 7.54. The molecular formula is C24H24FN7O3. The van der Waals surface area contributed by atoms with Crippen LogP contribution < -0.4 is 10.6 Å². The van der Waals surface area contributed by atoms with Crippen molar-refractivity contribution in [2.75, 3.05) is 11.4 Å². The summed E-state index contributed by atoms with van der Waals surface area (Å²) < 4.78 is 21.3. The van der Waals surface area contributed by atoms with Crippen molar-refractivity contribution in [3.63, 3.8) is 0 Å². The van der Waals surface area contributed by atoms with Crippen molar-refractivity contribution < 1.29 is 18.7 Å². The normalized spacial score (nSPS) is 11.5. The first-order valence-electron chi connectivity index (χ1n) is 10.9. The Morgan fingerprint density at radius 3 is 2.66 bits per heavy atom. The van der Waals surface area contributed by atoms with Crippen molar-refractivity contribution >= 4 is 39.9 Å². The molecule has 3 N–H and O–H groups in total. The number of rotatable bonds is 5. The number of nitrogens with two attached hydrogens (primary N) is 1. The fourth-order valence-electron chi connectivity index (χ4n) is 3.89. The molecule has 0 saturated carbocycles. The van der Waals surface area contributed by atoms with Crippen molar-refractivity contribution in [2.24, 2.45) is 5.73 Å². The lowest BCUT2D eigenvalue weighted by Crippen LogP contribution is -2.37. The number of imidazole rings is 1. The summed E-state index contributed by atoms with van der Waals surface area (Å²) in [7, 11) is 0. The molecule has 10 nitrogen and oxygen atoms in total. The number of primary amides is 1. The van der Waals surface area contributed by atoms with E-state index in [0.29, 0.717) is 33.3 Å². The van der Waals surface area contributed by atoms with Crippen LogP contribution in [0.3, 0.4) is 0 Å². The predicted octanol–water partition coefficient (Wildman–Crippen LogP) is 3.84. The van der Waals surface area contributed by atoms with Gasteiger partial charge in [-0.25, -0.2) is 19.2 Å². The van der Waals surface area contributed by atoms with Gasteiger partial charge in [0.05, 0.1) is 29.2 Å². The molecule has 0 bridgehead atoms. The molecule has 4 rings (SSSR count). The maximum Gasteiger partial charge on any atom is 0.416 e. The number of carbonyl (C=O) groups excluding carboxylic acids is 2. The molecule has 0 aliphatic rings. The van der Waals surface area contributed by atoms with Crippen LogP contribution in [-0.4, -0.2) is 43.7 Å². The molecular weight excluding hydrogens is 453 g/mol. The van der Waals surface area contributed by atoms with Crippen LogP contribution in [0, 0.1) is 17.1 Å². The minimum atomic E-state index is -0.728. The van der Waals surface area contributed by atoms with E-state index in [0.717, 1.165) is 6.07 Å². The number of hydrogen-bond donors (Lipinski definition) is 2. The summed E-state index contributed by atoms with van der Waals surface area (Å²) in [5.41, 5.74) is 7.03. The SMILES string of the molecule is CCN(C(=O)OC(C)(C)C)c1nc2c(cc(-c3cc(F)cc(C#N)c3)n2CC(N)=O)c2[nH]cnc12. The standard InChI is InChI=1S/C24H24FN7O3/c1-5-31(23(34)35-24(2,3)4)22-20-19(28-12-29-20)16-9-17(32(11-18(27)33)21(16)30-22)14-6-13(10-26)7-15(25)8-14/h6-9,12H,5,11H2,1-4H3,(H2,27,33)(H,28,29). The molecule has 2 amide bonds. The van der Waals surface area contributed by atoms with Gasteiger partial charge < -0.3 is 20.0 Å². The second kappa shape index (κ2) is 8.72. The number of nitriles is 1. The Morgan fingerprint density at radius 1 is 1.29 bits per heavy atom. The molecule has 1 aromatic carbocycles. The summed E-state index contributed by atoms with van der Waals surface area (Å²) in [5.74, 6) is -1.01. The Kier molecular flexibility index (Phi) is 5.90. The van der Waals surface area contributed by atoms with Crippen LogP contribution in [-0.2, 0) is 16.1 Å². The quantitative estimate of drug-likeness (QED) is 0.447. The molecule has 3 heterocycles. The summed E-state index contributed by atoms with van der Waals surface area (Å²) >= 11 is 0. The number of aromatic nitrogens is 4. The molecule has 3 aromatic heterocycles. The van der Waals surface area contributed by atoms with E-state index in [1.54, 1.807) is 33.8 Å². The van der Waals surface area contributed by atoms with Crippen molar-refractivity contribution in [1.29, 1.82) is 5.26 Å². The predicted molar refractivity (Wildman–Crippen MR) is 128 cm³/mol. The second-order valence-electron chi connectivity index (χ2n) is 8.95. The number of halogens is 1. The molecule has 0 atom stereocenters. The number of benzene rings is 1. The van der Waals surface area contributed by atoms with Gasteiger partial charge in [-0.1, -0.05) is 0 Å². The Hall–Kier alpha value is -4.46. The number of nitrogens with one attached hydrogen (secondary N) is 1. The molecule has 35 heavy (non-hydrogen) atoms. The topological polar surface area (TPSA) is 143 Å². The lowest BCUT2D eigenvalue weighted by atomic mass is 10.1. The van der Waals surface area contributed by atoms with Gasteiger partial charge in [-0.2, -0.15) is 5.26 Å². The molecule has 180 valence electrons. The number of H-pyrrole nitrogens is 1. The van der Waals surface area contributed by atoms with Crippen molar-refractivity contribution in [3.05, 3.63) is 42.0 Å². The van der Waals surface area contributed by atoms with E-state index in [1.165, 1.54) is 27.9 Å². The van der Waals surface area contributed by atoms with E-state index in [9.17, 15) is 19.2 Å². The lowest BCUT2D eigenvalue weighted by Gasteiger charge is -2.26. The van der Waals surface area contributed by atoms with Crippen LogP contribution in [0.2, 0.25) is 0 Å². The van der Waals surface area contributed by atoms with Crippen molar-refractivity contribution in [3.8, 4) is 17.3 Å². The van der Waals surface area contributed by atoms with E-state index in [1.807, 2.05) is 6.07 Å². The van der Waals surface area contributed by atoms with Crippen LogP contribution in [0.4, 0.5) is 15.0 Å². The number of fused-ring (bicyclic) bond motifs is 3. The minimum absolute atomic E-state index is 0.123. The molecule has 0 aliphatic carbocycles. The first-order valence-corrected chi connectivity index (χ1v) is 10.9. The third kappa shape index (κ3) is 4.50. The number of hydrogen-bond acceptors (Lipinski definition) is 6. The van der Waals surface area contributed by atoms with Crippen LogP contribution >= 0.6 is 0 Å². The van der Waals surface area contributed by atoms with Gasteiger partial charge in [0.15, 0.2) is 5.82 Å². The van der Waals surface area contributed by atoms with Gasteiger partial charge >= 0.3 is 6.09 Å². The van der Waals surface area contributed by atoms with Gasteiger partial charge in [0.2, 0.25) is 5.91 Å². The van der Waals surface area contributed by atoms with Crippen molar-refractivity contribution in [1.82, 2.24) is 19.5 Å². The number of pyridine rings is 1. The number of carbonyl (C=O) groups is 2. The zero-order chi connectivity index (χ0) is 25.5. The number of aromatic amines is 1. The minimum Gasteiger partial charge on any atom is -0.443 e. The largest absolute Gasteiger partial charge is 0.443 e. The van der Waals surface area contributed by atoms with Crippen molar-refractivity contribution in [2.45, 2.75) is 39.8 Å². The first kappa shape index (κ1) is 23.7. The maximum atomic E-state index is 14.3. The highest BCUT2D eigenvalue weighted by Gasteiger charge is 2.28. The monoisotopic (exact) mass is 477 g/mol. The summed E-state index contributed by atoms with van der Waals surface area (Å²) in [4.78, 5) is 38.4. The fourth-order valence-corrected chi connectivity index (χ4v) is 3.89. The van der Waals surface area contributed by atoms with Gasteiger partial charge in [-0.05, 0) is 52.0 Å². The van der Waals surface area contributed by atoms with E-state index in [2.05, 4.69) is 9.97 Å². The van der Waals surface area contributed by atoms with Gasteiger partial charge in [0.1, 0.15) is 29.1 Å². The third-order valence-electron chi connectivity index (χ3n) is 5.22. The number of anilines is 1. The van der Waals surface area contributed by atoms with Gasteiger partial charge in [0, 0.05) is 17.5 Å². The molecule has 0 radical (unpaired) electrons. The highest BCUT2D eigenvalue weighted by molar-refractivity contribution is 6.10. The molecule has 11 heteroatoms. The molecule has 4 aromatic rings. The zero-order valence-corrected chi connectivity index (χ0v) is 19.7. The summed E-state index contributed by atoms with van der Waals surface area (Å²) in [6.45, 7) is 7.04. The fraction of sp³-hybridized carbons (Fsp3) is 0.292. The average molecular weight is 478 g/mol. The molecule has 0 spiro atoms. The maximum absolute atomic E-state index is 14.3. The second-order valence-corrected chi connectivity index (χ2v) is 8.95. The van der Waals surface area contributed by atoms with Crippen LogP contribution in [0.25, 0.3) is 33.3 Å². The van der Waals surface area contributed by atoms with E-state index in [-0.39, 0.29) is 24.5 Å². The Bertz CT molecular complexity index is 1510. The molecule has 0 unspecified atom stereocenters. The molecule has 0 saturated heterocycles. The zero-order valence-electron chi connectivity index (χ0n) is 19.7. The van der Waals surface area contributed by atoms with Crippen LogP contribution in [0.1, 0.15) is 33.3 Å². The number of ether oxygens (including phenoxy) is 1. The summed E-state index contributed by atoms with van der Waals surface area (Å²) in [5, 5.41) is 9.87. The van der Waals surface area contributed by atoms with Crippen LogP contribution in [0.15, 0.2) is 30.6 Å². The Balaban J connectivity index is 2.01. The Labute approximate surface area is 200 Å². The van der Waals surface area contributed by atoms with Gasteiger partial charge in [0.25, 0.3) is 0 Å². The third-order valence-corrected chi connectivity index (χ3v) is 5.22. The number of amides is 2. The van der Waals surface area contributed by atoms with Gasteiger partial charge in [-0.15, -0.1) is 0 Å². The van der Waals surface area contributed by atoms with Gasteiger partial charge in [-0.3, -0.25) is 9.69 Å². The smallest absolute Gasteiger partial charge is 0.416 e. The Morgan fingerprint density at radius 2 is 2.03 bits per heavy atom. The lowest BCUT2D eigenvalue weighted by molar-refractivity contribution is -0.118. The van der Waals surface area contributed by atoms with Crippen LogP contribution in [0.5, 0.6) is 0 Å². The average Bonchev–Trinajstić information content (AvgIpc) is 3.37. The number of nitrogens with zero attached hydrogens (tertiary/aromatic N) is 5. The first-order chi connectivity index (χ1) is 16.5. The van der Waals surface area contributed by atoms with E-state index in [4.69, 9.17) is 15.5 Å². The van der Waals surface area contributed by atoms with E-state index >= 15 is 0 Å². The highest BCUT2D eigenvalue weighted by atomic mass is 19.1. The highest BCUT2D eigenvalue weighted by Crippen LogP contribution is 2.35. The van der Waals surface area contributed by atoms with E-state index < -0.39 is 23.4 Å². The molecule has 0 aliphatic heterocycles.